The normalized spacial score (nSPS) is 10.8. The molecule has 0 atom stereocenters. The molecular formula is C18H17N. The maximum Gasteiger partial charge on any atom is 0.0306 e. The number of hydrogen-bond donors (Lipinski definition) is 0. The van der Waals surface area contributed by atoms with E-state index in [-0.39, 0.29) is 0 Å². The molecule has 0 N–H and O–H groups in total. The lowest BCUT2D eigenvalue weighted by molar-refractivity contribution is 1.09. The summed E-state index contributed by atoms with van der Waals surface area (Å²) < 4.78 is 0. The van der Waals surface area contributed by atoms with Crippen LogP contribution in [0.1, 0.15) is 22.3 Å². The molecule has 3 aromatic rings. The second-order valence-electron chi connectivity index (χ2n) is 5.06. The lowest BCUT2D eigenvalue weighted by atomic mass is 9.96. The summed E-state index contributed by atoms with van der Waals surface area (Å²) in [5.41, 5.74) is 5.30. The van der Waals surface area contributed by atoms with Gasteiger partial charge in [0.15, 0.2) is 0 Å². The predicted octanol–water partition coefficient (Wildman–Crippen LogP) is 4.44. The molecule has 0 aliphatic carbocycles. The first-order chi connectivity index (χ1) is 9.25. The zero-order valence-corrected chi connectivity index (χ0v) is 11.4. The third-order valence-corrected chi connectivity index (χ3v) is 3.83. The van der Waals surface area contributed by atoms with Crippen LogP contribution in [0, 0.1) is 13.8 Å². The van der Waals surface area contributed by atoms with E-state index >= 15 is 0 Å². The average molecular weight is 247 g/mol. The van der Waals surface area contributed by atoms with Gasteiger partial charge in [-0.2, -0.15) is 0 Å². The molecule has 0 saturated carbocycles. The van der Waals surface area contributed by atoms with E-state index in [1.165, 1.54) is 33.0 Å². The van der Waals surface area contributed by atoms with Gasteiger partial charge in [-0.05, 0) is 53.3 Å². The van der Waals surface area contributed by atoms with Crippen LogP contribution in [0.5, 0.6) is 0 Å². The van der Waals surface area contributed by atoms with Crippen LogP contribution in [-0.2, 0) is 6.42 Å². The summed E-state index contributed by atoms with van der Waals surface area (Å²) in [7, 11) is 0. The van der Waals surface area contributed by atoms with Gasteiger partial charge in [0.25, 0.3) is 0 Å². The van der Waals surface area contributed by atoms with E-state index < -0.39 is 0 Å². The fourth-order valence-electron chi connectivity index (χ4n) is 2.52. The standard InChI is InChI=1S/C18H17N/c1-13-11-19-12-17(14(13)2)10-16-8-5-7-15-6-3-4-9-18(15)16/h3-9,11-12H,10H2,1-2H3. The van der Waals surface area contributed by atoms with Crippen molar-refractivity contribution in [2.75, 3.05) is 0 Å². The Labute approximate surface area is 113 Å². The molecule has 0 unspecified atom stereocenters. The Morgan fingerprint density at radius 3 is 2.53 bits per heavy atom. The quantitative estimate of drug-likeness (QED) is 0.652. The van der Waals surface area contributed by atoms with Crippen LogP contribution in [0.3, 0.4) is 0 Å². The minimum atomic E-state index is 0.946. The van der Waals surface area contributed by atoms with E-state index in [2.05, 4.69) is 61.3 Å². The molecule has 2 aromatic carbocycles. The number of benzene rings is 2. The van der Waals surface area contributed by atoms with Gasteiger partial charge in [0.05, 0.1) is 0 Å². The van der Waals surface area contributed by atoms with E-state index in [9.17, 15) is 0 Å². The third-order valence-electron chi connectivity index (χ3n) is 3.83. The van der Waals surface area contributed by atoms with Crippen molar-refractivity contribution >= 4 is 10.8 Å². The van der Waals surface area contributed by atoms with E-state index in [1.54, 1.807) is 0 Å². The van der Waals surface area contributed by atoms with Gasteiger partial charge < -0.3 is 0 Å². The van der Waals surface area contributed by atoms with Gasteiger partial charge in [-0.1, -0.05) is 42.5 Å². The third kappa shape index (κ3) is 2.24. The molecular weight excluding hydrogens is 230 g/mol. The van der Waals surface area contributed by atoms with E-state index in [0.29, 0.717) is 0 Å². The number of aromatic nitrogens is 1. The largest absolute Gasteiger partial charge is 0.264 e. The molecule has 0 bridgehead atoms. The second kappa shape index (κ2) is 4.85. The molecule has 0 spiro atoms. The Balaban J connectivity index is 2.09. The summed E-state index contributed by atoms with van der Waals surface area (Å²) in [6, 6.07) is 15.1. The van der Waals surface area contributed by atoms with Crippen molar-refractivity contribution < 1.29 is 0 Å². The topological polar surface area (TPSA) is 12.9 Å². The number of pyridine rings is 1. The minimum Gasteiger partial charge on any atom is -0.264 e. The fourth-order valence-corrected chi connectivity index (χ4v) is 2.52. The highest BCUT2D eigenvalue weighted by Gasteiger charge is 2.05. The Morgan fingerprint density at radius 1 is 0.842 bits per heavy atom. The molecule has 94 valence electrons. The van der Waals surface area contributed by atoms with Gasteiger partial charge >= 0.3 is 0 Å². The molecule has 0 saturated heterocycles. The van der Waals surface area contributed by atoms with Gasteiger partial charge in [-0.15, -0.1) is 0 Å². The van der Waals surface area contributed by atoms with Crippen molar-refractivity contribution in [2.24, 2.45) is 0 Å². The first-order valence-corrected chi connectivity index (χ1v) is 6.62. The number of rotatable bonds is 2. The van der Waals surface area contributed by atoms with E-state index in [1.807, 2.05) is 12.4 Å². The van der Waals surface area contributed by atoms with Crippen LogP contribution in [0.2, 0.25) is 0 Å². The van der Waals surface area contributed by atoms with Crippen LogP contribution in [0.25, 0.3) is 10.8 Å². The molecule has 1 nitrogen and oxygen atoms in total. The zero-order valence-electron chi connectivity index (χ0n) is 11.4. The first-order valence-electron chi connectivity index (χ1n) is 6.62. The maximum atomic E-state index is 4.32. The van der Waals surface area contributed by atoms with Crippen molar-refractivity contribution in [3.05, 3.63) is 77.1 Å². The van der Waals surface area contributed by atoms with Crippen LogP contribution >= 0.6 is 0 Å². The number of hydrogen-bond acceptors (Lipinski definition) is 1. The summed E-state index contributed by atoms with van der Waals surface area (Å²) >= 11 is 0. The Bertz CT molecular complexity index is 723. The monoisotopic (exact) mass is 247 g/mol. The van der Waals surface area contributed by atoms with Gasteiger partial charge in [-0.3, -0.25) is 4.98 Å². The van der Waals surface area contributed by atoms with Crippen LogP contribution in [-0.4, -0.2) is 4.98 Å². The first kappa shape index (κ1) is 11.9. The number of fused-ring (bicyclic) bond motifs is 1. The molecule has 1 heteroatoms. The van der Waals surface area contributed by atoms with Crippen LogP contribution in [0.15, 0.2) is 54.9 Å². The Hall–Kier alpha value is -2.15. The highest BCUT2D eigenvalue weighted by atomic mass is 14.6. The van der Waals surface area contributed by atoms with Gasteiger partial charge in [0.2, 0.25) is 0 Å². The Kier molecular flexibility index (Phi) is 3.04. The molecule has 0 fully saturated rings. The molecule has 0 aliphatic heterocycles. The summed E-state index contributed by atoms with van der Waals surface area (Å²) in [5.74, 6) is 0. The van der Waals surface area contributed by atoms with Gasteiger partial charge in [0, 0.05) is 12.4 Å². The van der Waals surface area contributed by atoms with Crippen molar-refractivity contribution in [1.29, 1.82) is 0 Å². The van der Waals surface area contributed by atoms with Crippen molar-refractivity contribution in [1.82, 2.24) is 4.98 Å². The molecule has 0 amide bonds. The number of aryl methyl sites for hydroxylation is 1. The number of nitrogens with zero attached hydrogens (tertiary/aromatic N) is 1. The van der Waals surface area contributed by atoms with E-state index in [4.69, 9.17) is 0 Å². The van der Waals surface area contributed by atoms with E-state index in [0.717, 1.165) is 6.42 Å². The molecule has 3 rings (SSSR count). The molecule has 0 aliphatic rings. The maximum absolute atomic E-state index is 4.32. The minimum absolute atomic E-state index is 0.946. The zero-order chi connectivity index (χ0) is 13.2. The summed E-state index contributed by atoms with van der Waals surface area (Å²) in [5, 5.41) is 2.64. The van der Waals surface area contributed by atoms with Crippen molar-refractivity contribution in [3.8, 4) is 0 Å². The van der Waals surface area contributed by atoms with Crippen LogP contribution < -0.4 is 0 Å². The Morgan fingerprint density at radius 2 is 1.63 bits per heavy atom. The summed E-state index contributed by atoms with van der Waals surface area (Å²) in [4.78, 5) is 4.32. The second-order valence-corrected chi connectivity index (χ2v) is 5.06. The molecule has 1 aromatic heterocycles. The van der Waals surface area contributed by atoms with Crippen LogP contribution in [0.4, 0.5) is 0 Å². The highest BCUT2D eigenvalue weighted by Crippen LogP contribution is 2.23. The molecule has 0 radical (unpaired) electrons. The van der Waals surface area contributed by atoms with Gasteiger partial charge in [0.1, 0.15) is 0 Å². The molecule has 19 heavy (non-hydrogen) atoms. The predicted molar refractivity (Wildman–Crippen MR) is 80.5 cm³/mol. The van der Waals surface area contributed by atoms with Gasteiger partial charge in [-0.25, -0.2) is 0 Å². The fraction of sp³-hybridized carbons (Fsp3) is 0.167. The van der Waals surface area contributed by atoms with Crippen molar-refractivity contribution in [2.45, 2.75) is 20.3 Å². The average Bonchev–Trinajstić information content (AvgIpc) is 2.44. The summed E-state index contributed by atoms with van der Waals surface area (Å²) in [6.07, 6.45) is 4.87. The summed E-state index contributed by atoms with van der Waals surface area (Å²) in [6.45, 7) is 4.30. The van der Waals surface area contributed by atoms with Crippen molar-refractivity contribution in [3.63, 3.8) is 0 Å². The molecule has 1 heterocycles. The lowest BCUT2D eigenvalue weighted by Gasteiger charge is -2.10. The lowest BCUT2D eigenvalue weighted by Crippen LogP contribution is -1.96. The SMILES string of the molecule is Cc1cncc(Cc2cccc3ccccc23)c1C. The smallest absolute Gasteiger partial charge is 0.0306 e. The highest BCUT2D eigenvalue weighted by molar-refractivity contribution is 5.85.